The first-order valence-electron chi connectivity index (χ1n) is 9.36. The standard InChI is InChI=1S/C15H13FN2OS.C5H6N6/c1-3-12-13(10-5-4-6-11(16)7-10)14(19)18-9(2)8-20-15(18)17-12;6-3-2-4(9-1-8-2)11-5(7)10-3/h4-8H,3H2,1-2H3;1H,(H5,6,7,8,9,10,11). The Morgan fingerprint density at radius 1 is 1.23 bits per heavy atom. The van der Waals surface area contributed by atoms with Crippen LogP contribution in [0.25, 0.3) is 27.3 Å². The van der Waals surface area contributed by atoms with Gasteiger partial charge in [-0.15, -0.1) is 11.3 Å². The van der Waals surface area contributed by atoms with Crippen molar-refractivity contribution in [2.24, 2.45) is 0 Å². The average molecular weight is 438 g/mol. The van der Waals surface area contributed by atoms with Crippen molar-refractivity contribution < 1.29 is 4.39 Å². The molecule has 0 saturated carbocycles. The van der Waals surface area contributed by atoms with Gasteiger partial charge in [-0.05, 0) is 31.0 Å². The lowest BCUT2D eigenvalue weighted by Crippen LogP contribution is -2.19. The number of rotatable bonds is 2. The summed E-state index contributed by atoms with van der Waals surface area (Å²) in [6.07, 6.45) is 2.13. The van der Waals surface area contributed by atoms with Gasteiger partial charge < -0.3 is 16.5 Å². The largest absolute Gasteiger partial charge is 0.382 e. The van der Waals surface area contributed by atoms with Crippen molar-refractivity contribution in [2.75, 3.05) is 11.5 Å². The van der Waals surface area contributed by atoms with Crippen molar-refractivity contribution in [3.63, 3.8) is 0 Å². The molecule has 1 aromatic carbocycles. The first kappa shape index (κ1) is 20.4. The van der Waals surface area contributed by atoms with Crippen LogP contribution in [0.4, 0.5) is 16.2 Å². The molecule has 9 nitrogen and oxygen atoms in total. The van der Waals surface area contributed by atoms with Crippen LogP contribution in [0.5, 0.6) is 0 Å². The highest BCUT2D eigenvalue weighted by Crippen LogP contribution is 2.23. The average Bonchev–Trinajstić information content (AvgIpc) is 3.35. The molecule has 4 aromatic heterocycles. The van der Waals surface area contributed by atoms with Crippen molar-refractivity contribution in [1.82, 2.24) is 29.3 Å². The van der Waals surface area contributed by atoms with Crippen LogP contribution >= 0.6 is 11.3 Å². The van der Waals surface area contributed by atoms with Gasteiger partial charge in [-0.2, -0.15) is 9.97 Å². The molecule has 5 rings (SSSR count). The molecule has 0 unspecified atom stereocenters. The zero-order valence-electron chi connectivity index (χ0n) is 16.8. The van der Waals surface area contributed by atoms with Gasteiger partial charge >= 0.3 is 0 Å². The second kappa shape index (κ2) is 8.11. The summed E-state index contributed by atoms with van der Waals surface area (Å²) >= 11 is 1.44. The Labute approximate surface area is 179 Å². The summed E-state index contributed by atoms with van der Waals surface area (Å²) in [5, 5.41) is 1.90. The van der Waals surface area contributed by atoms with Crippen molar-refractivity contribution in [3.8, 4) is 11.1 Å². The fraction of sp³-hybridized carbons (Fsp3) is 0.150. The SMILES string of the molecule is CCc1nc2scc(C)n2c(=O)c1-c1cccc(F)c1.Nc1nc(N)c2[nH]cnc2n1. The third kappa shape index (κ3) is 3.82. The number of nitrogens with two attached hydrogens (primary N) is 2. The van der Waals surface area contributed by atoms with Crippen LogP contribution in [0.3, 0.4) is 0 Å². The molecule has 0 fully saturated rings. The highest BCUT2D eigenvalue weighted by molar-refractivity contribution is 7.15. The van der Waals surface area contributed by atoms with E-state index in [0.717, 1.165) is 5.69 Å². The third-order valence-corrected chi connectivity index (χ3v) is 5.54. The van der Waals surface area contributed by atoms with Gasteiger partial charge in [0.2, 0.25) is 5.95 Å². The summed E-state index contributed by atoms with van der Waals surface area (Å²) < 4.78 is 15.0. The number of anilines is 2. The zero-order valence-corrected chi connectivity index (χ0v) is 17.6. The van der Waals surface area contributed by atoms with Crippen molar-refractivity contribution in [3.05, 3.63) is 63.5 Å². The maximum Gasteiger partial charge on any atom is 0.266 e. The zero-order chi connectivity index (χ0) is 22.1. The minimum atomic E-state index is -0.351. The molecule has 0 bridgehead atoms. The molecule has 11 heteroatoms. The van der Waals surface area contributed by atoms with Gasteiger partial charge in [0.1, 0.15) is 11.3 Å². The normalized spacial score (nSPS) is 10.9. The van der Waals surface area contributed by atoms with E-state index in [1.54, 1.807) is 16.5 Å². The molecular weight excluding hydrogens is 419 g/mol. The van der Waals surface area contributed by atoms with E-state index in [0.29, 0.717) is 45.2 Å². The number of fused-ring (bicyclic) bond motifs is 2. The molecule has 5 N–H and O–H groups in total. The van der Waals surface area contributed by atoms with E-state index in [2.05, 4.69) is 24.9 Å². The number of thiazole rings is 1. The second-order valence-corrected chi connectivity index (χ2v) is 7.50. The van der Waals surface area contributed by atoms with E-state index in [-0.39, 0.29) is 17.3 Å². The first-order valence-corrected chi connectivity index (χ1v) is 10.2. The molecule has 0 spiro atoms. The third-order valence-electron chi connectivity index (χ3n) is 4.59. The molecule has 0 radical (unpaired) electrons. The molecular formula is C20H19FN8OS. The molecule has 5 aromatic rings. The lowest BCUT2D eigenvalue weighted by Gasteiger charge is -2.08. The smallest absolute Gasteiger partial charge is 0.266 e. The van der Waals surface area contributed by atoms with Gasteiger partial charge in [-0.3, -0.25) is 9.20 Å². The monoisotopic (exact) mass is 438 g/mol. The number of nitrogen functional groups attached to an aromatic ring is 2. The molecule has 0 saturated heterocycles. The van der Waals surface area contributed by atoms with E-state index >= 15 is 0 Å². The second-order valence-electron chi connectivity index (χ2n) is 6.67. The van der Waals surface area contributed by atoms with Crippen LogP contribution in [0.1, 0.15) is 18.3 Å². The Morgan fingerprint density at radius 2 is 2.03 bits per heavy atom. The van der Waals surface area contributed by atoms with Crippen LogP contribution in [0.15, 0.2) is 40.8 Å². The number of aromatic nitrogens is 6. The Morgan fingerprint density at radius 3 is 2.77 bits per heavy atom. The predicted molar refractivity (Wildman–Crippen MR) is 119 cm³/mol. The van der Waals surface area contributed by atoms with Gasteiger partial charge in [0, 0.05) is 11.1 Å². The van der Waals surface area contributed by atoms with Gasteiger partial charge in [0.25, 0.3) is 5.56 Å². The van der Waals surface area contributed by atoms with E-state index in [9.17, 15) is 9.18 Å². The molecule has 31 heavy (non-hydrogen) atoms. The lowest BCUT2D eigenvalue weighted by atomic mass is 10.0. The minimum absolute atomic E-state index is 0.129. The van der Waals surface area contributed by atoms with Gasteiger partial charge in [0.05, 0.1) is 17.6 Å². The van der Waals surface area contributed by atoms with E-state index in [1.165, 1.54) is 29.8 Å². The number of nitrogens with one attached hydrogen (secondary N) is 1. The topological polar surface area (TPSA) is 141 Å². The van der Waals surface area contributed by atoms with Crippen LogP contribution in [-0.4, -0.2) is 29.3 Å². The highest BCUT2D eigenvalue weighted by atomic mass is 32.1. The number of H-pyrrole nitrogens is 1. The highest BCUT2D eigenvalue weighted by Gasteiger charge is 2.16. The van der Waals surface area contributed by atoms with Gasteiger partial charge in [0.15, 0.2) is 16.4 Å². The summed E-state index contributed by atoms with van der Waals surface area (Å²) in [5.41, 5.74) is 14.5. The maximum absolute atomic E-state index is 13.4. The fourth-order valence-electron chi connectivity index (χ4n) is 3.19. The maximum atomic E-state index is 13.4. The van der Waals surface area contributed by atoms with Crippen molar-refractivity contribution >= 4 is 39.2 Å². The van der Waals surface area contributed by atoms with Crippen LogP contribution in [0, 0.1) is 12.7 Å². The van der Waals surface area contributed by atoms with Gasteiger partial charge in [-0.1, -0.05) is 19.1 Å². The Hall–Kier alpha value is -3.86. The molecule has 0 aliphatic heterocycles. The van der Waals surface area contributed by atoms with E-state index < -0.39 is 0 Å². The molecule has 0 aliphatic rings. The van der Waals surface area contributed by atoms with E-state index in [1.807, 2.05) is 19.2 Å². The molecule has 0 aliphatic carbocycles. The molecule has 158 valence electrons. The Bertz CT molecular complexity index is 1460. The summed E-state index contributed by atoms with van der Waals surface area (Å²) in [4.78, 5) is 32.2. The number of nitrogens with zero attached hydrogens (tertiary/aromatic N) is 5. The number of benzene rings is 1. The summed E-state index contributed by atoms with van der Waals surface area (Å²) in [6, 6.07) is 6.11. The van der Waals surface area contributed by atoms with Crippen LogP contribution < -0.4 is 17.0 Å². The quantitative estimate of drug-likeness (QED) is 0.385. The van der Waals surface area contributed by atoms with Crippen molar-refractivity contribution in [1.29, 1.82) is 0 Å². The summed E-state index contributed by atoms with van der Waals surface area (Å²) in [7, 11) is 0. The van der Waals surface area contributed by atoms with Gasteiger partial charge in [-0.25, -0.2) is 14.4 Å². The number of hydrogen-bond donors (Lipinski definition) is 3. The van der Waals surface area contributed by atoms with Crippen molar-refractivity contribution in [2.45, 2.75) is 20.3 Å². The number of hydrogen-bond acceptors (Lipinski definition) is 8. The predicted octanol–water partition coefficient (Wildman–Crippen LogP) is 2.95. The fourth-order valence-corrected chi connectivity index (χ4v) is 4.06. The molecule has 0 atom stereocenters. The summed E-state index contributed by atoms with van der Waals surface area (Å²) in [6.45, 7) is 3.81. The number of aryl methyl sites for hydroxylation is 2. The van der Waals surface area contributed by atoms with E-state index in [4.69, 9.17) is 11.5 Å². The van der Waals surface area contributed by atoms with Crippen LogP contribution in [-0.2, 0) is 6.42 Å². The first-order chi connectivity index (χ1) is 14.9. The molecule has 0 amide bonds. The number of imidazole rings is 1. The minimum Gasteiger partial charge on any atom is -0.382 e. The summed E-state index contributed by atoms with van der Waals surface area (Å²) in [5.74, 6) is 0.114. The molecule has 4 heterocycles. The number of aromatic amines is 1. The lowest BCUT2D eigenvalue weighted by molar-refractivity contribution is 0.628. The van der Waals surface area contributed by atoms with Crippen LogP contribution in [0.2, 0.25) is 0 Å². The Kier molecular flexibility index (Phi) is 5.34. The number of halogens is 1. The Balaban J connectivity index is 0.000000177.